The quantitative estimate of drug-likeness (QED) is 0.855. The van der Waals surface area contributed by atoms with Crippen LogP contribution in [-0.2, 0) is 17.6 Å². The van der Waals surface area contributed by atoms with Crippen molar-refractivity contribution in [2.75, 3.05) is 11.9 Å². The van der Waals surface area contributed by atoms with Crippen LogP contribution in [0.25, 0.3) is 0 Å². The van der Waals surface area contributed by atoms with Gasteiger partial charge in [0.05, 0.1) is 5.41 Å². The highest BCUT2D eigenvalue weighted by Crippen LogP contribution is 2.29. The molecular weight excluding hydrogens is 236 g/mol. The second kappa shape index (κ2) is 5.74. The molecule has 0 radical (unpaired) electrons. The number of amides is 1. The van der Waals surface area contributed by atoms with Gasteiger partial charge in [0.15, 0.2) is 0 Å². The Hall–Kier alpha value is -1.35. The average Bonchev–Trinajstić information content (AvgIpc) is 2.89. The normalized spacial score (nSPS) is 14.3. The molecule has 0 fully saturated rings. The van der Waals surface area contributed by atoms with Gasteiger partial charge in [0.25, 0.3) is 0 Å². The van der Waals surface area contributed by atoms with E-state index in [4.69, 9.17) is 5.73 Å². The molecule has 1 aliphatic carbocycles. The summed E-state index contributed by atoms with van der Waals surface area (Å²) in [7, 11) is 0. The molecular formula is C16H24N2O. The average molecular weight is 260 g/mol. The minimum absolute atomic E-state index is 0.0537. The molecule has 1 amide bonds. The van der Waals surface area contributed by atoms with E-state index in [0.717, 1.165) is 24.9 Å². The van der Waals surface area contributed by atoms with Crippen LogP contribution >= 0.6 is 0 Å². The number of aryl methyl sites for hydroxylation is 2. The molecule has 0 unspecified atom stereocenters. The number of carbonyl (C=O) groups excluding carboxylic acids is 1. The zero-order valence-electron chi connectivity index (χ0n) is 12.0. The summed E-state index contributed by atoms with van der Waals surface area (Å²) < 4.78 is 0. The van der Waals surface area contributed by atoms with Crippen LogP contribution in [0.3, 0.4) is 0 Å². The van der Waals surface area contributed by atoms with Gasteiger partial charge < -0.3 is 11.1 Å². The van der Waals surface area contributed by atoms with Gasteiger partial charge in [-0.1, -0.05) is 19.9 Å². The Kier molecular flexibility index (Phi) is 4.25. The number of anilines is 1. The van der Waals surface area contributed by atoms with Crippen molar-refractivity contribution in [2.24, 2.45) is 11.1 Å². The molecule has 3 N–H and O–H groups in total. The molecule has 0 saturated carbocycles. The van der Waals surface area contributed by atoms with Crippen molar-refractivity contribution in [3.63, 3.8) is 0 Å². The molecule has 1 aromatic carbocycles. The van der Waals surface area contributed by atoms with E-state index in [0.29, 0.717) is 6.54 Å². The highest BCUT2D eigenvalue weighted by atomic mass is 16.2. The Bertz CT molecular complexity index is 456. The highest BCUT2D eigenvalue weighted by Gasteiger charge is 2.33. The second-order valence-electron chi connectivity index (χ2n) is 5.48. The molecule has 3 nitrogen and oxygen atoms in total. The van der Waals surface area contributed by atoms with Gasteiger partial charge in [0, 0.05) is 12.2 Å². The fourth-order valence-corrected chi connectivity index (χ4v) is 2.87. The largest absolute Gasteiger partial charge is 0.329 e. The van der Waals surface area contributed by atoms with E-state index in [1.807, 2.05) is 19.9 Å². The molecule has 2 rings (SSSR count). The fourth-order valence-electron chi connectivity index (χ4n) is 2.87. The summed E-state index contributed by atoms with van der Waals surface area (Å²) in [6, 6.07) is 6.27. The van der Waals surface area contributed by atoms with Crippen molar-refractivity contribution in [1.82, 2.24) is 0 Å². The summed E-state index contributed by atoms with van der Waals surface area (Å²) in [4.78, 5) is 12.4. The number of carbonyl (C=O) groups is 1. The third-order valence-corrected chi connectivity index (χ3v) is 4.58. The summed E-state index contributed by atoms with van der Waals surface area (Å²) >= 11 is 0. The van der Waals surface area contributed by atoms with Crippen LogP contribution in [0.5, 0.6) is 0 Å². The predicted molar refractivity (Wildman–Crippen MR) is 79.2 cm³/mol. The highest BCUT2D eigenvalue weighted by molar-refractivity contribution is 5.95. The Balaban J connectivity index is 2.14. The fraction of sp³-hybridized carbons (Fsp3) is 0.562. The maximum absolute atomic E-state index is 12.4. The Labute approximate surface area is 115 Å². The van der Waals surface area contributed by atoms with E-state index in [1.54, 1.807) is 0 Å². The van der Waals surface area contributed by atoms with E-state index in [9.17, 15) is 4.79 Å². The summed E-state index contributed by atoms with van der Waals surface area (Å²) in [6.07, 6.45) is 5.07. The summed E-state index contributed by atoms with van der Waals surface area (Å²) in [5.41, 5.74) is 9.09. The second-order valence-corrected chi connectivity index (χ2v) is 5.48. The predicted octanol–water partition coefficient (Wildman–Crippen LogP) is 2.88. The zero-order valence-corrected chi connectivity index (χ0v) is 12.0. The minimum atomic E-state index is -0.432. The number of hydrogen-bond donors (Lipinski definition) is 2. The Morgan fingerprint density at radius 2 is 1.95 bits per heavy atom. The van der Waals surface area contributed by atoms with Crippen molar-refractivity contribution in [1.29, 1.82) is 0 Å². The van der Waals surface area contributed by atoms with Crippen molar-refractivity contribution in [3.8, 4) is 0 Å². The van der Waals surface area contributed by atoms with E-state index < -0.39 is 5.41 Å². The van der Waals surface area contributed by atoms with Crippen LogP contribution in [0.15, 0.2) is 18.2 Å². The lowest BCUT2D eigenvalue weighted by Crippen LogP contribution is -2.41. The van der Waals surface area contributed by atoms with E-state index in [2.05, 4.69) is 17.4 Å². The molecule has 0 aliphatic heterocycles. The van der Waals surface area contributed by atoms with Crippen LogP contribution in [0.2, 0.25) is 0 Å². The molecule has 0 aromatic heterocycles. The maximum atomic E-state index is 12.4. The van der Waals surface area contributed by atoms with Crippen LogP contribution in [0, 0.1) is 5.41 Å². The monoisotopic (exact) mass is 260 g/mol. The molecule has 104 valence electrons. The van der Waals surface area contributed by atoms with Crippen molar-refractivity contribution < 1.29 is 4.79 Å². The molecule has 19 heavy (non-hydrogen) atoms. The molecule has 0 bridgehead atoms. The summed E-state index contributed by atoms with van der Waals surface area (Å²) in [5, 5.41) is 3.05. The molecule has 3 heteroatoms. The first-order chi connectivity index (χ1) is 9.15. The number of rotatable bonds is 5. The van der Waals surface area contributed by atoms with Gasteiger partial charge >= 0.3 is 0 Å². The van der Waals surface area contributed by atoms with Gasteiger partial charge in [-0.2, -0.15) is 0 Å². The van der Waals surface area contributed by atoms with Crippen molar-refractivity contribution in [2.45, 2.75) is 46.0 Å². The first kappa shape index (κ1) is 14.1. The van der Waals surface area contributed by atoms with Crippen LogP contribution in [0.1, 0.15) is 44.2 Å². The van der Waals surface area contributed by atoms with Gasteiger partial charge in [-0.15, -0.1) is 0 Å². The molecule has 0 heterocycles. The lowest BCUT2D eigenvalue weighted by Gasteiger charge is -2.28. The number of hydrogen-bond acceptors (Lipinski definition) is 2. The standard InChI is InChI=1S/C16H24N2O/c1-3-16(4-2,11-17)15(19)18-14-9-8-12-6-5-7-13(12)10-14/h8-10H,3-7,11,17H2,1-2H3,(H,18,19). The third kappa shape index (κ3) is 2.66. The number of fused-ring (bicyclic) bond motifs is 1. The smallest absolute Gasteiger partial charge is 0.231 e. The number of nitrogens with two attached hydrogens (primary N) is 1. The molecule has 1 aromatic rings. The van der Waals surface area contributed by atoms with Gasteiger partial charge in [-0.25, -0.2) is 0 Å². The molecule has 1 aliphatic rings. The molecule has 0 atom stereocenters. The lowest BCUT2D eigenvalue weighted by molar-refractivity contribution is -0.125. The Morgan fingerprint density at radius 3 is 2.58 bits per heavy atom. The lowest BCUT2D eigenvalue weighted by atomic mass is 9.81. The maximum Gasteiger partial charge on any atom is 0.231 e. The summed E-state index contributed by atoms with van der Waals surface area (Å²) in [6.45, 7) is 4.45. The zero-order chi connectivity index (χ0) is 13.9. The van der Waals surface area contributed by atoms with Gasteiger partial charge in [-0.05, 0) is 55.4 Å². The third-order valence-electron chi connectivity index (χ3n) is 4.58. The van der Waals surface area contributed by atoms with E-state index in [-0.39, 0.29) is 5.91 Å². The van der Waals surface area contributed by atoms with Gasteiger partial charge in [0.2, 0.25) is 5.91 Å². The van der Waals surface area contributed by atoms with Gasteiger partial charge in [0.1, 0.15) is 0 Å². The first-order valence-corrected chi connectivity index (χ1v) is 7.28. The van der Waals surface area contributed by atoms with Crippen molar-refractivity contribution in [3.05, 3.63) is 29.3 Å². The van der Waals surface area contributed by atoms with E-state index in [1.165, 1.54) is 24.0 Å². The SMILES string of the molecule is CCC(CC)(CN)C(=O)Nc1ccc2c(c1)CCC2. The topological polar surface area (TPSA) is 55.1 Å². The summed E-state index contributed by atoms with van der Waals surface area (Å²) in [5.74, 6) is 0.0537. The van der Waals surface area contributed by atoms with Crippen LogP contribution in [0.4, 0.5) is 5.69 Å². The number of nitrogens with one attached hydrogen (secondary N) is 1. The first-order valence-electron chi connectivity index (χ1n) is 7.28. The van der Waals surface area contributed by atoms with Crippen LogP contribution in [-0.4, -0.2) is 12.5 Å². The Morgan fingerprint density at radius 1 is 1.26 bits per heavy atom. The number of benzene rings is 1. The van der Waals surface area contributed by atoms with Crippen molar-refractivity contribution >= 4 is 11.6 Å². The van der Waals surface area contributed by atoms with E-state index >= 15 is 0 Å². The van der Waals surface area contributed by atoms with Gasteiger partial charge in [-0.3, -0.25) is 4.79 Å². The molecule has 0 spiro atoms. The van der Waals surface area contributed by atoms with Crippen LogP contribution < -0.4 is 11.1 Å². The molecule has 0 saturated heterocycles. The minimum Gasteiger partial charge on any atom is -0.329 e.